The minimum absolute atomic E-state index is 0.0984. The van der Waals surface area contributed by atoms with Crippen molar-refractivity contribution in [1.29, 1.82) is 0 Å². The minimum atomic E-state index is -0.466. The predicted molar refractivity (Wildman–Crippen MR) is 88.4 cm³/mol. The van der Waals surface area contributed by atoms with Crippen LogP contribution in [0.15, 0.2) is 36.2 Å². The Balaban J connectivity index is 1.87. The number of anilines is 1. The lowest BCUT2D eigenvalue weighted by molar-refractivity contribution is -0.114. The fourth-order valence-corrected chi connectivity index (χ4v) is 3.28. The Morgan fingerprint density at radius 2 is 2.35 bits per heavy atom. The number of aromatic nitrogens is 1. The van der Waals surface area contributed by atoms with E-state index >= 15 is 0 Å². The zero-order valence-electron chi connectivity index (χ0n) is 12.8. The molecule has 1 saturated carbocycles. The summed E-state index contributed by atoms with van der Waals surface area (Å²) in [6, 6.07) is 4.34. The highest BCUT2D eigenvalue weighted by Gasteiger charge is 2.27. The van der Waals surface area contributed by atoms with Crippen LogP contribution in [0.25, 0.3) is 0 Å². The molecule has 1 aromatic heterocycles. The van der Waals surface area contributed by atoms with Crippen LogP contribution < -0.4 is 9.64 Å². The second kappa shape index (κ2) is 6.50. The molecule has 1 heterocycles. The molecule has 1 aliphatic rings. The first-order chi connectivity index (χ1) is 11.1. The second-order valence-corrected chi connectivity index (χ2v) is 6.29. The fourth-order valence-electron chi connectivity index (χ4n) is 2.30. The molecule has 0 atom stereocenters. The molecule has 0 aliphatic heterocycles. The highest BCUT2D eigenvalue weighted by molar-refractivity contribution is 7.09. The van der Waals surface area contributed by atoms with E-state index in [4.69, 9.17) is 4.74 Å². The number of methoxy groups -OCH3 is 1. The van der Waals surface area contributed by atoms with E-state index in [-0.39, 0.29) is 11.7 Å². The van der Waals surface area contributed by atoms with Crippen molar-refractivity contribution in [3.8, 4) is 5.75 Å². The Labute approximate surface area is 138 Å². The van der Waals surface area contributed by atoms with Crippen molar-refractivity contribution in [1.82, 2.24) is 4.98 Å². The summed E-state index contributed by atoms with van der Waals surface area (Å²) in [6.07, 6.45) is 3.62. The molecule has 1 aliphatic carbocycles. The van der Waals surface area contributed by atoms with Crippen molar-refractivity contribution in [3.05, 3.63) is 52.8 Å². The minimum Gasteiger partial charge on any atom is -0.494 e. The standard InChI is InChI=1S/C17H17FN2O2S/c1-3-16(21)20(13-6-7-14(18)15(8-13)22-2)9-12-10-23-17(19-12)11-4-5-11/h3,6-8,10-11H,1,4-5,9H2,2H3. The summed E-state index contributed by atoms with van der Waals surface area (Å²) in [5, 5.41) is 3.10. The van der Waals surface area contributed by atoms with Crippen LogP contribution in [0, 0.1) is 5.82 Å². The van der Waals surface area contributed by atoms with Crippen LogP contribution in [0.5, 0.6) is 5.75 Å². The monoisotopic (exact) mass is 332 g/mol. The average Bonchev–Trinajstić information content (AvgIpc) is 3.32. The van der Waals surface area contributed by atoms with E-state index in [0.29, 0.717) is 18.2 Å². The van der Waals surface area contributed by atoms with E-state index in [1.807, 2.05) is 5.38 Å². The number of hydrogen-bond donors (Lipinski definition) is 0. The third kappa shape index (κ3) is 3.42. The molecule has 3 rings (SSSR count). The topological polar surface area (TPSA) is 42.4 Å². The maximum absolute atomic E-state index is 13.6. The van der Waals surface area contributed by atoms with Gasteiger partial charge in [-0.1, -0.05) is 6.58 Å². The van der Waals surface area contributed by atoms with Crippen LogP contribution in [0.3, 0.4) is 0 Å². The highest BCUT2D eigenvalue weighted by Crippen LogP contribution is 2.41. The quantitative estimate of drug-likeness (QED) is 0.754. The number of amides is 1. The summed E-state index contributed by atoms with van der Waals surface area (Å²) in [7, 11) is 1.39. The summed E-state index contributed by atoms with van der Waals surface area (Å²) in [5.74, 6) is -0.0453. The number of rotatable bonds is 6. The zero-order chi connectivity index (χ0) is 16.4. The van der Waals surface area contributed by atoms with Gasteiger partial charge in [0.2, 0.25) is 0 Å². The summed E-state index contributed by atoms with van der Waals surface area (Å²) in [5.41, 5.74) is 1.38. The Bertz CT molecular complexity index is 740. The van der Waals surface area contributed by atoms with Gasteiger partial charge < -0.3 is 9.64 Å². The smallest absolute Gasteiger partial charge is 0.250 e. The van der Waals surface area contributed by atoms with Crippen molar-refractivity contribution in [2.45, 2.75) is 25.3 Å². The largest absolute Gasteiger partial charge is 0.494 e. The Kier molecular flexibility index (Phi) is 4.43. The summed E-state index contributed by atoms with van der Waals surface area (Å²) >= 11 is 1.63. The molecule has 2 aromatic rings. The van der Waals surface area contributed by atoms with E-state index < -0.39 is 5.82 Å². The van der Waals surface area contributed by atoms with Gasteiger partial charge in [0.1, 0.15) is 0 Å². The lowest BCUT2D eigenvalue weighted by atomic mass is 10.2. The lowest BCUT2D eigenvalue weighted by Crippen LogP contribution is -2.28. The number of carbonyl (C=O) groups excluding carboxylic acids is 1. The van der Waals surface area contributed by atoms with Gasteiger partial charge in [-0.3, -0.25) is 4.79 Å². The molecule has 0 radical (unpaired) electrons. The lowest BCUT2D eigenvalue weighted by Gasteiger charge is -2.21. The van der Waals surface area contributed by atoms with E-state index in [1.165, 1.54) is 43.1 Å². The number of carbonyl (C=O) groups is 1. The highest BCUT2D eigenvalue weighted by atomic mass is 32.1. The first-order valence-corrected chi connectivity index (χ1v) is 8.22. The van der Waals surface area contributed by atoms with Gasteiger partial charge in [0.25, 0.3) is 5.91 Å². The van der Waals surface area contributed by atoms with Crippen molar-refractivity contribution in [3.63, 3.8) is 0 Å². The summed E-state index contributed by atoms with van der Waals surface area (Å²) < 4.78 is 18.6. The predicted octanol–water partition coefficient (Wildman–Crippen LogP) is 3.89. The van der Waals surface area contributed by atoms with Crippen LogP contribution in [0.2, 0.25) is 0 Å². The molecule has 0 spiro atoms. The van der Waals surface area contributed by atoms with Crippen LogP contribution in [0.4, 0.5) is 10.1 Å². The van der Waals surface area contributed by atoms with Gasteiger partial charge in [0, 0.05) is 23.1 Å². The van der Waals surface area contributed by atoms with Crippen molar-refractivity contribution >= 4 is 22.9 Å². The van der Waals surface area contributed by atoms with E-state index in [1.54, 1.807) is 17.4 Å². The van der Waals surface area contributed by atoms with Gasteiger partial charge in [0.05, 0.1) is 24.4 Å². The van der Waals surface area contributed by atoms with E-state index in [2.05, 4.69) is 11.6 Å². The third-order valence-electron chi connectivity index (χ3n) is 3.70. The normalized spacial score (nSPS) is 13.7. The molecule has 0 N–H and O–H groups in total. The Morgan fingerprint density at radius 1 is 1.57 bits per heavy atom. The molecule has 1 aromatic carbocycles. The van der Waals surface area contributed by atoms with Crippen molar-refractivity contribution in [2.24, 2.45) is 0 Å². The Hall–Kier alpha value is -2.21. The van der Waals surface area contributed by atoms with Gasteiger partial charge in [0.15, 0.2) is 11.6 Å². The maximum atomic E-state index is 13.6. The van der Waals surface area contributed by atoms with Gasteiger partial charge in [-0.25, -0.2) is 9.37 Å². The molecule has 23 heavy (non-hydrogen) atoms. The number of ether oxygens (including phenoxy) is 1. The number of benzene rings is 1. The number of hydrogen-bond acceptors (Lipinski definition) is 4. The molecule has 120 valence electrons. The molecule has 0 saturated heterocycles. The second-order valence-electron chi connectivity index (χ2n) is 5.40. The number of halogens is 1. The van der Waals surface area contributed by atoms with Gasteiger partial charge in [-0.05, 0) is 31.1 Å². The SMILES string of the molecule is C=CC(=O)N(Cc1csc(C2CC2)n1)c1ccc(F)c(OC)c1. The molecule has 1 fully saturated rings. The Morgan fingerprint density at radius 3 is 3.00 bits per heavy atom. The molecular formula is C17H17FN2O2S. The van der Waals surface area contributed by atoms with Crippen LogP contribution >= 0.6 is 11.3 Å². The first-order valence-electron chi connectivity index (χ1n) is 7.34. The van der Waals surface area contributed by atoms with Gasteiger partial charge in [-0.2, -0.15) is 0 Å². The first kappa shape index (κ1) is 15.7. The van der Waals surface area contributed by atoms with E-state index in [0.717, 1.165) is 10.7 Å². The number of thiazole rings is 1. The van der Waals surface area contributed by atoms with Gasteiger partial charge in [-0.15, -0.1) is 11.3 Å². The molecule has 1 amide bonds. The van der Waals surface area contributed by atoms with Gasteiger partial charge >= 0.3 is 0 Å². The van der Waals surface area contributed by atoms with E-state index in [9.17, 15) is 9.18 Å². The van der Waals surface area contributed by atoms with Crippen LogP contribution in [-0.4, -0.2) is 18.0 Å². The fraction of sp³-hybridized carbons (Fsp3) is 0.294. The zero-order valence-corrected chi connectivity index (χ0v) is 13.6. The van der Waals surface area contributed by atoms with Crippen molar-refractivity contribution in [2.75, 3.05) is 12.0 Å². The summed E-state index contributed by atoms with van der Waals surface area (Å²) in [4.78, 5) is 18.3. The van der Waals surface area contributed by atoms with Crippen LogP contribution in [-0.2, 0) is 11.3 Å². The average molecular weight is 332 g/mol. The molecule has 0 unspecified atom stereocenters. The van der Waals surface area contributed by atoms with Crippen LogP contribution in [0.1, 0.15) is 29.5 Å². The maximum Gasteiger partial charge on any atom is 0.250 e. The molecule has 0 bridgehead atoms. The number of nitrogens with zero attached hydrogens (tertiary/aromatic N) is 2. The molecule has 4 nitrogen and oxygen atoms in total. The summed E-state index contributed by atoms with van der Waals surface area (Å²) in [6.45, 7) is 3.86. The molecule has 6 heteroatoms. The van der Waals surface area contributed by atoms with Crippen molar-refractivity contribution < 1.29 is 13.9 Å². The third-order valence-corrected chi connectivity index (χ3v) is 4.76. The molecular weight excluding hydrogens is 315 g/mol.